The fourth-order valence-corrected chi connectivity index (χ4v) is 5.32. The number of benzene rings is 2. The molecule has 1 aliphatic rings. The lowest BCUT2D eigenvalue weighted by Crippen LogP contribution is -2.46. The number of aromatic nitrogens is 3. The SMILES string of the molecule is O=C(N1CCSCC1)N(Cc1ccc(-c2nnc(C(F)F)o2)cc1F)c1cccc(-c2cncs2)c1. The molecule has 0 N–H and O–H groups in total. The van der Waals surface area contributed by atoms with Gasteiger partial charge in [0.15, 0.2) is 0 Å². The summed E-state index contributed by atoms with van der Waals surface area (Å²) in [6.07, 6.45) is -1.16. The van der Waals surface area contributed by atoms with E-state index in [1.165, 1.54) is 23.5 Å². The number of carbonyl (C=O) groups excluding carboxylic acids is 1. The highest BCUT2D eigenvalue weighted by Crippen LogP contribution is 2.30. The summed E-state index contributed by atoms with van der Waals surface area (Å²) in [5.74, 6) is 0.0382. The van der Waals surface area contributed by atoms with Gasteiger partial charge in [-0.1, -0.05) is 18.2 Å². The highest BCUT2D eigenvalue weighted by molar-refractivity contribution is 7.99. The number of amides is 2. The monoisotopic (exact) mass is 531 g/mol. The van der Waals surface area contributed by atoms with Crippen LogP contribution in [0.3, 0.4) is 0 Å². The number of alkyl halides is 2. The van der Waals surface area contributed by atoms with Crippen LogP contribution >= 0.6 is 23.1 Å². The van der Waals surface area contributed by atoms with Crippen molar-refractivity contribution in [3.05, 3.63) is 71.4 Å². The van der Waals surface area contributed by atoms with E-state index < -0.39 is 18.1 Å². The summed E-state index contributed by atoms with van der Waals surface area (Å²) in [5.41, 5.74) is 3.71. The predicted octanol–water partition coefficient (Wildman–Crippen LogP) is 6.11. The summed E-state index contributed by atoms with van der Waals surface area (Å²) >= 11 is 3.28. The Morgan fingerprint density at radius 1 is 1.11 bits per heavy atom. The van der Waals surface area contributed by atoms with Gasteiger partial charge in [-0.15, -0.1) is 21.5 Å². The van der Waals surface area contributed by atoms with Crippen LogP contribution in [-0.2, 0) is 6.54 Å². The molecule has 186 valence electrons. The minimum Gasteiger partial charge on any atom is -0.415 e. The van der Waals surface area contributed by atoms with Gasteiger partial charge in [-0.2, -0.15) is 20.5 Å². The number of anilines is 1. The van der Waals surface area contributed by atoms with Gasteiger partial charge in [0.25, 0.3) is 5.89 Å². The van der Waals surface area contributed by atoms with Crippen molar-refractivity contribution < 1.29 is 22.4 Å². The largest absolute Gasteiger partial charge is 0.415 e. The summed E-state index contributed by atoms with van der Waals surface area (Å²) < 4.78 is 45.7. The van der Waals surface area contributed by atoms with E-state index in [1.54, 1.807) is 33.3 Å². The number of urea groups is 1. The summed E-state index contributed by atoms with van der Waals surface area (Å²) in [4.78, 5) is 22.0. The zero-order chi connectivity index (χ0) is 25.1. The maximum atomic E-state index is 15.2. The fourth-order valence-electron chi connectivity index (χ4n) is 3.80. The minimum absolute atomic E-state index is 0.0210. The molecule has 0 unspecified atom stereocenters. The molecule has 2 aromatic heterocycles. The fraction of sp³-hybridized carbons (Fsp3) is 0.250. The van der Waals surface area contributed by atoms with E-state index >= 15 is 4.39 Å². The van der Waals surface area contributed by atoms with E-state index in [9.17, 15) is 13.6 Å². The molecule has 2 amide bonds. The Balaban J connectivity index is 1.46. The van der Waals surface area contributed by atoms with E-state index in [4.69, 9.17) is 4.42 Å². The standard InChI is InChI=1S/C24H20F3N5O2S2/c25-19-11-16(22-29-30-23(34-22)21(26)27)4-5-17(19)13-32(24(33)31-6-8-35-9-7-31)18-3-1-2-15(10-18)20-12-28-14-36-20/h1-5,10-12,14,21H,6-9,13H2. The van der Waals surface area contributed by atoms with Crippen LogP contribution in [0.25, 0.3) is 21.9 Å². The molecule has 4 aromatic rings. The zero-order valence-corrected chi connectivity index (χ0v) is 20.4. The molecule has 5 rings (SSSR count). The van der Waals surface area contributed by atoms with Gasteiger partial charge in [0.1, 0.15) is 5.82 Å². The van der Waals surface area contributed by atoms with Crippen molar-refractivity contribution in [1.82, 2.24) is 20.1 Å². The van der Waals surface area contributed by atoms with Gasteiger partial charge >= 0.3 is 12.5 Å². The van der Waals surface area contributed by atoms with E-state index in [-0.39, 0.29) is 29.6 Å². The first-order valence-corrected chi connectivity index (χ1v) is 13.1. The minimum atomic E-state index is -2.91. The lowest BCUT2D eigenvalue weighted by Gasteiger charge is -2.33. The molecule has 36 heavy (non-hydrogen) atoms. The Labute approximate surface area is 213 Å². The van der Waals surface area contributed by atoms with Crippen LogP contribution in [-0.4, -0.2) is 50.7 Å². The van der Waals surface area contributed by atoms with Crippen LogP contribution < -0.4 is 4.90 Å². The van der Waals surface area contributed by atoms with Crippen LogP contribution in [0, 0.1) is 5.82 Å². The number of hydrogen-bond acceptors (Lipinski definition) is 7. The molecule has 12 heteroatoms. The van der Waals surface area contributed by atoms with Crippen LogP contribution in [0.2, 0.25) is 0 Å². The van der Waals surface area contributed by atoms with Crippen LogP contribution in [0.1, 0.15) is 17.9 Å². The first-order valence-electron chi connectivity index (χ1n) is 11.0. The molecule has 1 fully saturated rings. The molecular weight excluding hydrogens is 511 g/mol. The molecule has 0 aliphatic carbocycles. The second kappa shape index (κ2) is 10.7. The number of thioether (sulfide) groups is 1. The summed E-state index contributed by atoms with van der Waals surface area (Å²) in [5, 5.41) is 6.85. The second-order valence-corrected chi connectivity index (χ2v) is 10.0. The highest BCUT2D eigenvalue weighted by Gasteiger charge is 2.26. The Kier molecular flexibility index (Phi) is 7.23. The Morgan fingerprint density at radius 3 is 2.64 bits per heavy atom. The molecular formula is C24H20F3N5O2S2. The molecule has 0 radical (unpaired) electrons. The molecule has 7 nitrogen and oxygen atoms in total. The number of thiazole rings is 1. The van der Waals surface area contributed by atoms with Crippen molar-refractivity contribution in [3.63, 3.8) is 0 Å². The molecule has 0 spiro atoms. The smallest absolute Gasteiger partial charge is 0.324 e. The number of nitrogens with zero attached hydrogens (tertiary/aromatic N) is 5. The van der Waals surface area contributed by atoms with Crippen molar-refractivity contribution in [2.24, 2.45) is 0 Å². The van der Waals surface area contributed by atoms with E-state index in [2.05, 4.69) is 15.2 Å². The number of halogens is 3. The highest BCUT2D eigenvalue weighted by atomic mass is 32.2. The van der Waals surface area contributed by atoms with E-state index in [0.717, 1.165) is 28.0 Å². The first kappa shape index (κ1) is 24.3. The maximum Gasteiger partial charge on any atom is 0.324 e. The van der Waals surface area contributed by atoms with Crippen molar-refractivity contribution in [1.29, 1.82) is 0 Å². The van der Waals surface area contributed by atoms with E-state index in [1.807, 2.05) is 24.3 Å². The molecule has 0 bridgehead atoms. The van der Waals surface area contributed by atoms with Gasteiger partial charge in [-0.25, -0.2) is 9.18 Å². The topological polar surface area (TPSA) is 75.4 Å². The summed E-state index contributed by atoms with van der Waals surface area (Å²) in [6, 6.07) is 11.4. The van der Waals surface area contributed by atoms with Crippen LogP contribution in [0.5, 0.6) is 0 Å². The van der Waals surface area contributed by atoms with E-state index in [0.29, 0.717) is 18.8 Å². The zero-order valence-electron chi connectivity index (χ0n) is 18.8. The van der Waals surface area contributed by atoms with Gasteiger partial charge < -0.3 is 9.32 Å². The van der Waals surface area contributed by atoms with Crippen molar-refractivity contribution in [2.75, 3.05) is 29.5 Å². The number of carbonyl (C=O) groups is 1. The third kappa shape index (κ3) is 5.24. The van der Waals surface area contributed by atoms with Gasteiger partial charge in [0.2, 0.25) is 5.89 Å². The maximum absolute atomic E-state index is 15.2. The van der Waals surface area contributed by atoms with Crippen LogP contribution in [0.4, 0.5) is 23.7 Å². The van der Waals surface area contributed by atoms with Gasteiger partial charge in [0.05, 0.1) is 16.9 Å². The molecule has 2 aromatic carbocycles. The summed E-state index contributed by atoms with van der Waals surface area (Å²) in [6.45, 7) is 1.20. The normalized spacial score (nSPS) is 13.8. The molecule has 0 saturated carbocycles. The lowest BCUT2D eigenvalue weighted by molar-refractivity contribution is 0.116. The average Bonchev–Trinajstić information content (AvgIpc) is 3.61. The van der Waals surface area contributed by atoms with Gasteiger partial charge in [-0.3, -0.25) is 9.88 Å². The Bertz CT molecular complexity index is 1340. The van der Waals surface area contributed by atoms with Gasteiger partial charge in [-0.05, 0) is 29.8 Å². The average molecular weight is 532 g/mol. The molecule has 1 aliphatic heterocycles. The third-order valence-electron chi connectivity index (χ3n) is 5.64. The van der Waals surface area contributed by atoms with Crippen molar-refractivity contribution in [3.8, 4) is 21.9 Å². The molecule has 1 saturated heterocycles. The van der Waals surface area contributed by atoms with Crippen molar-refractivity contribution >= 4 is 34.8 Å². The third-order valence-corrected chi connectivity index (χ3v) is 7.41. The lowest BCUT2D eigenvalue weighted by atomic mass is 10.1. The number of hydrogen-bond donors (Lipinski definition) is 0. The Hall–Kier alpha value is -3.38. The quantitative estimate of drug-likeness (QED) is 0.299. The van der Waals surface area contributed by atoms with Gasteiger partial charge in [0, 0.05) is 47.6 Å². The van der Waals surface area contributed by atoms with Crippen LogP contribution in [0.15, 0.2) is 58.6 Å². The Morgan fingerprint density at radius 2 is 1.94 bits per heavy atom. The number of rotatable bonds is 6. The second-order valence-electron chi connectivity index (χ2n) is 7.94. The predicted molar refractivity (Wildman–Crippen MR) is 133 cm³/mol. The van der Waals surface area contributed by atoms with Crippen molar-refractivity contribution in [2.45, 2.75) is 13.0 Å². The first-order chi connectivity index (χ1) is 17.5. The molecule has 0 atom stereocenters. The molecule has 3 heterocycles. The summed E-state index contributed by atoms with van der Waals surface area (Å²) in [7, 11) is 0.